The number of pyridine rings is 1. The third-order valence-corrected chi connectivity index (χ3v) is 4.10. The zero-order chi connectivity index (χ0) is 15.8. The molecule has 1 aromatic carbocycles. The Morgan fingerprint density at radius 2 is 1.86 bits per heavy atom. The van der Waals surface area contributed by atoms with E-state index in [9.17, 15) is 4.79 Å². The van der Waals surface area contributed by atoms with E-state index in [0.717, 1.165) is 30.5 Å². The largest absolute Gasteiger partial charge is 0.347 e. The van der Waals surface area contributed by atoms with E-state index in [4.69, 9.17) is 0 Å². The van der Waals surface area contributed by atoms with Crippen LogP contribution >= 0.6 is 0 Å². The summed E-state index contributed by atoms with van der Waals surface area (Å²) < 4.78 is 0. The summed E-state index contributed by atoms with van der Waals surface area (Å²) in [5.74, 6) is 0.101. The quantitative estimate of drug-likeness (QED) is 0.843. The minimum Gasteiger partial charge on any atom is -0.347 e. The van der Waals surface area contributed by atoms with E-state index < -0.39 is 0 Å². The first kappa shape index (κ1) is 16.2. The molecule has 22 heavy (non-hydrogen) atoms. The molecule has 1 heterocycles. The molecule has 0 bridgehead atoms. The summed E-state index contributed by atoms with van der Waals surface area (Å²) in [6.07, 6.45) is 4.83. The van der Waals surface area contributed by atoms with Crippen LogP contribution in [0.3, 0.4) is 0 Å². The molecule has 0 aliphatic rings. The van der Waals surface area contributed by atoms with Gasteiger partial charge in [-0.3, -0.25) is 9.78 Å². The van der Waals surface area contributed by atoms with Crippen LogP contribution < -0.4 is 5.32 Å². The van der Waals surface area contributed by atoms with Gasteiger partial charge in [-0.05, 0) is 43.9 Å². The Balaban J connectivity index is 1.87. The first-order valence-corrected chi connectivity index (χ1v) is 7.90. The van der Waals surface area contributed by atoms with E-state index in [1.165, 1.54) is 0 Å². The van der Waals surface area contributed by atoms with Gasteiger partial charge in [-0.1, -0.05) is 43.3 Å². The van der Waals surface area contributed by atoms with E-state index in [1.54, 1.807) is 6.20 Å². The van der Waals surface area contributed by atoms with Crippen molar-refractivity contribution in [1.82, 2.24) is 10.3 Å². The van der Waals surface area contributed by atoms with Crippen molar-refractivity contribution >= 4 is 5.91 Å². The number of hydrogen-bond donors (Lipinski definition) is 1. The lowest BCUT2D eigenvalue weighted by molar-refractivity contribution is -0.123. The molecule has 1 amide bonds. The molecule has 0 spiro atoms. The fraction of sp³-hybridized carbons (Fsp3) is 0.368. The average molecular weight is 296 g/mol. The smallest absolute Gasteiger partial charge is 0.220 e. The normalized spacial score (nSPS) is 13.4. The van der Waals surface area contributed by atoms with Gasteiger partial charge in [0.1, 0.15) is 0 Å². The molecule has 1 atom stereocenters. The highest BCUT2D eigenvalue weighted by molar-refractivity contribution is 5.77. The van der Waals surface area contributed by atoms with Crippen LogP contribution in [0.5, 0.6) is 0 Å². The van der Waals surface area contributed by atoms with Crippen molar-refractivity contribution in [1.29, 1.82) is 0 Å². The summed E-state index contributed by atoms with van der Waals surface area (Å²) in [5.41, 5.74) is 1.88. The van der Waals surface area contributed by atoms with Crippen LogP contribution in [0, 0.1) is 0 Å². The summed E-state index contributed by atoms with van der Waals surface area (Å²) in [6.45, 7) is 4.18. The Morgan fingerprint density at radius 3 is 2.50 bits per heavy atom. The van der Waals surface area contributed by atoms with Gasteiger partial charge in [0.15, 0.2) is 0 Å². The zero-order valence-corrected chi connectivity index (χ0v) is 13.4. The summed E-state index contributed by atoms with van der Waals surface area (Å²) >= 11 is 0. The van der Waals surface area contributed by atoms with Gasteiger partial charge in [-0.2, -0.15) is 0 Å². The Hall–Kier alpha value is -2.16. The molecule has 2 rings (SSSR count). The molecule has 2 aromatic rings. The number of hydrogen-bond acceptors (Lipinski definition) is 2. The maximum atomic E-state index is 12.2. The minimum atomic E-state index is -0.302. The zero-order valence-electron chi connectivity index (χ0n) is 13.4. The lowest BCUT2D eigenvalue weighted by Crippen LogP contribution is -2.42. The number of rotatable bonds is 7. The molecule has 0 aliphatic heterocycles. The third-order valence-electron chi connectivity index (χ3n) is 4.10. The van der Waals surface area contributed by atoms with E-state index in [2.05, 4.69) is 36.3 Å². The summed E-state index contributed by atoms with van der Waals surface area (Å²) in [6, 6.07) is 16.0. The maximum Gasteiger partial charge on any atom is 0.220 e. The lowest BCUT2D eigenvalue weighted by atomic mass is 9.89. The molecule has 1 N–H and O–H groups in total. The molecule has 0 aliphatic carbocycles. The van der Waals surface area contributed by atoms with E-state index in [1.807, 2.05) is 36.4 Å². The van der Waals surface area contributed by atoms with Crippen molar-refractivity contribution in [2.75, 3.05) is 0 Å². The second kappa shape index (κ2) is 7.74. The standard InChI is InChI=1S/C19H24N2O/c1-3-19(2,16-10-5-4-6-11-16)21-18(22)14-9-13-17-12-7-8-15-20-17/h4-8,10-12,15H,3,9,13-14H2,1-2H3,(H,21,22). The number of nitrogens with zero attached hydrogens (tertiary/aromatic N) is 1. The molecular formula is C19H24N2O. The summed E-state index contributed by atoms with van der Waals surface area (Å²) in [5, 5.41) is 3.19. The number of carbonyl (C=O) groups excluding carboxylic acids is 1. The topological polar surface area (TPSA) is 42.0 Å². The van der Waals surface area contributed by atoms with Gasteiger partial charge in [0.05, 0.1) is 5.54 Å². The number of aromatic nitrogens is 1. The van der Waals surface area contributed by atoms with Crippen molar-refractivity contribution in [2.45, 2.75) is 45.1 Å². The summed E-state index contributed by atoms with van der Waals surface area (Å²) in [7, 11) is 0. The minimum absolute atomic E-state index is 0.101. The van der Waals surface area contributed by atoms with E-state index >= 15 is 0 Å². The van der Waals surface area contributed by atoms with Gasteiger partial charge in [-0.15, -0.1) is 0 Å². The molecule has 3 nitrogen and oxygen atoms in total. The van der Waals surface area contributed by atoms with E-state index in [-0.39, 0.29) is 11.4 Å². The highest BCUT2D eigenvalue weighted by atomic mass is 16.1. The molecule has 1 aromatic heterocycles. The lowest BCUT2D eigenvalue weighted by Gasteiger charge is -2.30. The van der Waals surface area contributed by atoms with Crippen LogP contribution in [-0.4, -0.2) is 10.9 Å². The molecule has 3 heteroatoms. The van der Waals surface area contributed by atoms with Crippen molar-refractivity contribution in [3.8, 4) is 0 Å². The number of benzene rings is 1. The predicted molar refractivity (Wildman–Crippen MR) is 89.4 cm³/mol. The van der Waals surface area contributed by atoms with Gasteiger partial charge in [0, 0.05) is 18.3 Å². The van der Waals surface area contributed by atoms with Crippen LogP contribution in [0.15, 0.2) is 54.7 Å². The van der Waals surface area contributed by atoms with Gasteiger partial charge in [0.25, 0.3) is 0 Å². The van der Waals surface area contributed by atoms with Crippen molar-refractivity contribution < 1.29 is 4.79 Å². The number of amides is 1. The number of nitrogens with one attached hydrogen (secondary N) is 1. The van der Waals surface area contributed by atoms with Crippen LogP contribution in [0.1, 0.15) is 44.4 Å². The van der Waals surface area contributed by atoms with Crippen LogP contribution in [0.2, 0.25) is 0 Å². The highest BCUT2D eigenvalue weighted by Crippen LogP contribution is 2.24. The Bertz CT molecular complexity index is 583. The Labute approximate surface area is 132 Å². The second-order valence-electron chi connectivity index (χ2n) is 5.77. The monoisotopic (exact) mass is 296 g/mol. The fourth-order valence-corrected chi connectivity index (χ4v) is 2.52. The van der Waals surface area contributed by atoms with Crippen molar-refractivity contribution in [3.63, 3.8) is 0 Å². The van der Waals surface area contributed by atoms with Crippen LogP contribution in [0.4, 0.5) is 0 Å². The first-order valence-electron chi connectivity index (χ1n) is 7.90. The number of aryl methyl sites for hydroxylation is 1. The highest BCUT2D eigenvalue weighted by Gasteiger charge is 2.25. The maximum absolute atomic E-state index is 12.2. The second-order valence-corrected chi connectivity index (χ2v) is 5.77. The van der Waals surface area contributed by atoms with Crippen LogP contribution in [-0.2, 0) is 16.8 Å². The molecule has 0 fully saturated rings. The Morgan fingerprint density at radius 1 is 1.14 bits per heavy atom. The molecule has 0 saturated carbocycles. The third kappa shape index (κ3) is 4.42. The molecule has 116 valence electrons. The number of carbonyl (C=O) groups is 1. The van der Waals surface area contributed by atoms with Gasteiger partial charge in [0.2, 0.25) is 5.91 Å². The first-order chi connectivity index (χ1) is 10.6. The SMILES string of the molecule is CCC(C)(NC(=O)CCCc1ccccn1)c1ccccc1. The van der Waals surface area contributed by atoms with Gasteiger partial charge >= 0.3 is 0 Å². The summed E-state index contributed by atoms with van der Waals surface area (Å²) in [4.78, 5) is 16.5. The fourth-order valence-electron chi connectivity index (χ4n) is 2.52. The Kier molecular flexibility index (Phi) is 5.70. The predicted octanol–water partition coefficient (Wildman–Crippen LogP) is 3.85. The van der Waals surface area contributed by atoms with Crippen LogP contribution in [0.25, 0.3) is 0 Å². The molecular weight excluding hydrogens is 272 g/mol. The molecule has 1 unspecified atom stereocenters. The van der Waals surface area contributed by atoms with Gasteiger partial charge in [-0.25, -0.2) is 0 Å². The molecule has 0 saturated heterocycles. The van der Waals surface area contributed by atoms with Gasteiger partial charge < -0.3 is 5.32 Å². The van der Waals surface area contributed by atoms with Crippen molar-refractivity contribution in [3.05, 3.63) is 66.0 Å². The molecule has 0 radical (unpaired) electrons. The van der Waals surface area contributed by atoms with Crippen molar-refractivity contribution in [2.24, 2.45) is 0 Å². The van der Waals surface area contributed by atoms with E-state index in [0.29, 0.717) is 6.42 Å². The average Bonchev–Trinajstić information content (AvgIpc) is 2.56.